The second-order valence-electron chi connectivity index (χ2n) is 3.96. The Kier molecular flexibility index (Phi) is 4.53. The van der Waals surface area contributed by atoms with Gasteiger partial charge in [0.05, 0.1) is 12.5 Å². The van der Waals surface area contributed by atoms with Crippen molar-refractivity contribution in [1.29, 1.82) is 5.26 Å². The van der Waals surface area contributed by atoms with Crippen LogP contribution in [0.1, 0.15) is 17.2 Å². The molecule has 1 atom stereocenters. The van der Waals surface area contributed by atoms with Crippen molar-refractivity contribution in [2.45, 2.75) is 16.6 Å². The maximum absolute atomic E-state index is 13.2. The summed E-state index contributed by atoms with van der Waals surface area (Å²) < 4.78 is 26.0. The summed E-state index contributed by atoms with van der Waals surface area (Å²) in [6, 6.07) is 15.4. The standard InChI is InChI=1S/C15H11F2NS/c16-13-7-6-12(10-14(13)17)19-15(8-9-18)11-4-2-1-3-5-11/h1-7,10,15H,8H2. The highest BCUT2D eigenvalue weighted by molar-refractivity contribution is 7.99. The monoisotopic (exact) mass is 275 g/mol. The van der Waals surface area contributed by atoms with Crippen LogP contribution in [0.25, 0.3) is 0 Å². The van der Waals surface area contributed by atoms with Crippen LogP contribution in [0.4, 0.5) is 8.78 Å². The first kappa shape index (κ1) is 13.6. The molecule has 0 N–H and O–H groups in total. The van der Waals surface area contributed by atoms with E-state index in [0.29, 0.717) is 11.3 Å². The van der Waals surface area contributed by atoms with Gasteiger partial charge in [0.25, 0.3) is 0 Å². The topological polar surface area (TPSA) is 23.8 Å². The lowest BCUT2D eigenvalue weighted by molar-refractivity contribution is 0.506. The second-order valence-corrected chi connectivity index (χ2v) is 5.23. The van der Waals surface area contributed by atoms with Crippen LogP contribution in [0.2, 0.25) is 0 Å². The molecule has 1 unspecified atom stereocenters. The van der Waals surface area contributed by atoms with Crippen molar-refractivity contribution < 1.29 is 8.78 Å². The van der Waals surface area contributed by atoms with Crippen molar-refractivity contribution in [2.24, 2.45) is 0 Å². The highest BCUT2D eigenvalue weighted by Crippen LogP contribution is 2.37. The van der Waals surface area contributed by atoms with Crippen molar-refractivity contribution >= 4 is 11.8 Å². The number of nitrogens with zero attached hydrogens (tertiary/aromatic N) is 1. The molecule has 4 heteroatoms. The molecule has 0 fully saturated rings. The van der Waals surface area contributed by atoms with Crippen LogP contribution in [0.5, 0.6) is 0 Å². The fraction of sp³-hybridized carbons (Fsp3) is 0.133. The van der Waals surface area contributed by atoms with E-state index >= 15 is 0 Å². The molecule has 0 amide bonds. The Morgan fingerprint density at radius 2 is 1.79 bits per heavy atom. The van der Waals surface area contributed by atoms with E-state index in [2.05, 4.69) is 6.07 Å². The number of hydrogen-bond donors (Lipinski definition) is 0. The van der Waals surface area contributed by atoms with Gasteiger partial charge in [-0.1, -0.05) is 30.3 Å². The van der Waals surface area contributed by atoms with Gasteiger partial charge in [0.1, 0.15) is 0 Å². The zero-order chi connectivity index (χ0) is 13.7. The molecule has 0 aliphatic rings. The van der Waals surface area contributed by atoms with Crippen LogP contribution < -0.4 is 0 Å². The molecule has 19 heavy (non-hydrogen) atoms. The molecule has 0 bridgehead atoms. The van der Waals surface area contributed by atoms with E-state index in [0.717, 1.165) is 17.7 Å². The van der Waals surface area contributed by atoms with Gasteiger partial charge in [-0.15, -0.1) is 11.8 Å². The van der Waals surface area contributed by atoms with E-state index in [4.69, 9.17) is 5.26 Å². The lowest BCUT2D eigenvalue weighted by Gasteiger charge is -2.13. The van der Waals surface area contributed by atoms with Crippen LogP contribution in [-0.2, 0) is 0 Å². The lowest BCUT2D eigenvalue weighted by Crippen LogP contribution is -1.93. The Hall–Kier alpha value is -1.86. The first-order valence-electron chi connectivity index (χ1n) is 5.74. The third-order valence-electron chi connectivity index (χ3n) is 2.62. The van der Waals surface area contributed by atoms with Gasteiger partial charge in [0.2, 0.25) is 0 Å². The summed E-state index contributed by atoms with van der Waals surface area (Å²) in [4.78, 5) is 0.614. The van der Waals surface area contributed by atoms with Crippen molar-refractivity contribution in [3.8, 4) is 6.07 Å². The van der Waals surface area contributed by atoms with E-state index < -0.39 is 11.6 Å². The fourth-order valence-electron chi connectivity index (χ4n) is 1.69. The minimum atomic E-state index is -0.867. The molecular formula is C15H11F2NS. The first-order chi connectivity index (χ1) is 9.20. The van der Waals surface area contributed by atoms with Crippen molar-refractivity contribution in [2.75, 3.05) is 0 Å². The van der Waals surface area contributed by atoms with Gasteiger partial charge in [0.15, 0.2) is 11.6 Å². The summed E-state index contributed by atoms with van der Waals surface area (Å²) in [5.41, 5.74) is 0.999. The molecule has 0 aliphatic heterocycles. The number of nitriles is 1. The molecule has 2 aromatic rings. The van der Waals surface area contributed by atoms with Gasteiger partial charge in [-0.3, -0.25) is 0 Å². The molecule has 0 aromatic heterocycles. The summed E-state index contributed by atoms with van der Waals surface area (Å²) >= 11 is 1.36. The summed E-state index contributed by atoms with van der Waals surface area (Å²) in [7, 11) is 0. The zero-order valence-corrected chi connectivity index (χ0v) is 10.8. The SMILES string of the molecule is N#CCC(Sc1ccc(F)c(F)c1)c1ccccc1. The van der Waals surface area contributed by atoms with Crippen molar-refractivity contribution in [3.63, 3.8) is 0 Å². The molecule has 0 saturated carbocycles. The Labute approximate surface area is 114 Å². The maximum atomic E-state index is 13.2. The van der Waals surface area contributed by atoms with Crippen molar-refractivity contribution in [3.05, 3.63) is 65.7 Å². The Morgan fingerprint density at radius 3 is 2.42 bits per heavy atom. The molecule has 1 nitrogen and oxygen atoms in total. The van der Waals surface area contributed by atoms with Crippen LogP contribution in [0.3, 0.4) is 0 Å². The number of thioether (sulfide) groups is 1. The van der Waals surface area contributed by atoms with Gasteiger partial charge >= 0.3 is 0 Å². The van der Waals surface area contributed by atoms with Crippen LogP contribution in [-0.4, -0.2) is 0 Å². The minimum absolute atomic E-state index is 0.0870. The Balaban J connectivity index is 2.22. The molecule has 0 radical (unpaired) electrons. The highest BCUT2D eigenvalue weighted by atomic mass is 32.2. The van der Waals surface area contributed by atoms with Crippen molar-refractivity contribution in [1.82, 2.24) is 0 Å². The molecule has 0 heterocycles. The fourth-order valence-corrected chi connectivity index (χ4v) is 2.79. The third kappa shape index (κ3) is 3.55. The van der Waals surface area contributed by atoms with Crippen LogP contribution in [0, 0.1) is 23.0 Å². The average molecular weight is 275 g/mol. The summed E-state index contributed by atoms with van der Waals surface area (Å²) in [6.07, 6.45) is 0.313. The van der Waals surface area contributed by atoms with Gasteiger partial charge in [-0.25, -0.2) is 8.78 Å². The Bertz CT molecular complexity index is 593. The number of hydrogen-bond acceptors (Lipinski definition) is 2. The molecule has 0 spiro atoms. The van der Waals surface area contributed by atoms with E-state index in [1.807, 2.05) is 30.3 Å². The van der Waals surface area contributed by atoms with E-state index in [1.165, 1.54) is 17.8 Å². The van der Waals surface area contributed by atoms with Gasteiger partial charge in [0, 0.05) is 10.1 Å². The molecular weight excluding hydrogens is 264 g/mol. The lowest BCUT2D eigenvalue weighted by atomic mass is 10.1. The predicted molar refractivity (Wildman–Crippen MR) is 71.6 cm³/mol. The zero-order valence-electron chi connectivity index (χ0n) is 10.0. The van der Waals surface area contributed by atoms with Gasteiger partial charge < -0.3 is 0 Å². The van der Waals surface area contributed by atoms with Crippen LogP contribution >= 0.6 is 11.8 Å². The smallest absolute Gasteiger partial charge is 0.159 e. The summed E-state index contributed by atoms with van der Waals surface area (Å²) in [5, 5.41) is 8.79. The summed E-state index contributed by atoms with van der Waals surface area (Å²) in [6.45, 7) is 0. The molecule has 96 valence electrons. The van der Waals surface area contributed by atoms with Gasteiger partial charge in [-0.2, -0.15) is 5.26 Å². The minimum Gasteiger partial charge on any atom is -0.204 e. The maximum Gasteiger partial charge on any atom is 0.159 e. The largest absolute Gasteiger partial charge is 0.204 e. The molecule has 0 saturated heterocycles. The quantitative estimate of drug-likeness (QED) is 0.754. The predicted octanol–water partition coefficient (Wildman–Crippen LogP) is 4.71. The Morgan fingerprint density at radius 1 is 1.05 bits per heavy atom. The first-order valence-corrected chi connectivity index (χ1v) is 6.62. The molecule has 2 aromatic carbocycles. The summed E-state index contributed by atoms with van der Waals surface area (Å²) in [5.74, 6) is -1.73. The van der Waals surface area contributed by atoms with E-state index in [-0.39, 0.29) is 5.25 Å². The number of halogens is 2. The van der Waals surface area contributed by atoms with E-state index in [1.54, 1.807) is 0 Å². The van der Waals surface area contributed by atoms with Gasteiger partial charge in [-0.05, 0) is 23.8 Å². The number of rotatable bonds is 4. The average Bonchev–Trinajstić information content (AvgIpc) is 2.43. The normalized spacial score (nSPS) is 11.8. The molecule has 0 aliphatic carbocycles. The van der Waals surface area contributed by atoms with E-state index in [9.17, 15) is 8.78 Å². The molecule has 2 rings (SSSR count). The second kappa shape index (κ2) is 6.35. The highest BCUT2D eigenvalue weighted by Gasteiger charge is 2.14. The third-order valence-corrected chi connectivity index (χ3v) is 3.87. The number of benzene rings is 2. The van der Waals surface area contributed by atoms with Crippen LogP contribution in [0.15, 0.2) is 53.4 Å².